The van der Waals surface area contributed by atoms with Crippen molar-refractivity contribution >= 4 is 15.9 Å². The van der Waals surface area contributed by atoms with E-state index in [9.17, 15) is 0 Å². The average molecular weight is 350 g/mol. The number of aromatic nitrogens is 2. The third-order valence-corrected chi connectivity index (χ3v) is 4.68. The Morgan fingerprint density at radius 3 is 3.14 bits per heavy atom. The van der Waals surface area contributed by atoms with E-state index in [1.807, 2.05) is 24.3 Å². The van der Waals surface area contributed by atoms with Crippen LogP contribution in [-0.4, -0.2) is 23.2 Å². The summed E-state index contributed by atoms with van der Waals surface area (Å²) in [6.45, 7) is 4.53. The average Bonchev–Trinajstić information content (AvgIpc) is 2.97. The maximum absolute atomic E-state index is 5.42. The summed E-state index contributed by atoms with van der Waals surface area (Å²) in [6, 6.07) is 7.96. The molecule has 2 aromatic rings. The fourth-order valence-corrected chi connectivity index (χ4v) is 3.29. The number of rotatable bonds is 4. The van der Waals surface area contributed by atoms with Crippen molar-refractivity contribution in [3.05, 3.63) is 34.6 Å². The molecule has 112 valence electrons. The van der Waals surface area contributed by atoms with Crippen molar-refractivity contribution in [1.82, 2.24) is 15.5 Å². The zero-order valence-corrected chi connectivity index (χ0v) is 13.8. The first-order chi connectivity index (χ1) is 10.2. The third-order valence-electron chi connectivity index (χ3n) is 4.19. The van der Waals surface area contributed by atoms with E-state index < -0.39 is 0 Å². The third kappa shape index (κ3) is 3.71. The van der Waals surface area contributed by atoms with Gasteiger partial charge >= 0.3 is 0 Å². The Labute approximate surface area is 133 Å². The Balaban J connectivity index is 1.67. The van der Waals surface area contributed by atoms with Gasteiger partial charge in [-0.2, -0.15) is 4.98 Å². The molecule has 0 bridgehead atoms. The Morgan fingerprint density at radius 1 is 1.48 bits per heavy atom. The molecule has 2 heterocycles. The van der Waals surface area contributed by atoms with Gasteiger partial charge in [0.2, 0.25) is 11.7 Å². The van der Waals surface area contributed by atoms with Gasteiger partial charge in [0.25, 0.3) is 0 Å². The molecule has 1 aliphatic rings. The summed E-state index contributed by atoms with van der Waals surface area (Å²) in [5.74, 6) is 2.68. The van der Waals surface area contributed by atoms with Crippen LogP contribution in [0.4, 0.5) is 0 Å². The molecule has 0 radical (unpaired) electrons. The minimum absolute atomic E-state index is 0.564. The second-order valence-corrected chi connectivity index (χ2v) is 6.73. The first kappa shape index (κ1) is 14.7. The van der Waals surface area contributed by atoms with E-state index >= 15 is 0 Å². The number of hydrogen-bond acceptors (Lipinski definition) is 4. The van der Waals surface area contributed by atoms with Gasteiger partial charge < -0.3 is 9.84 Å². The smallest absolute Gasteiger partial charge is 0.227 e. The molecule has 0 spiro atoms. The zero-order chi connectivity index (χ0) is 14.7. The van der Waals surface area contributed by atoms with Crippen LogP contribution < -0.4 is 5.32 Å². The highest BCUT2D eigenvalue weighted by atomic mass is 79.9. The normalized spacial score (nSPS) is 20.4. The van der Waals surface area contributed by atoms with E-state index in [-0.39, 0.29) is 0 Å². The van der Waals surface area contributed by atoms with E-state index in [1.54, 1.807) is 0 Å². The van der Waals surface area contributed by atoms with Crippen molar-refractivity contribution in [3.8, 4) is 11.4 Å². The van der Waals surface area contributed by atoms with Crippen LogP contribution >= 0.6 is 15.9 Å². The minimum atomic E-state index is 0.564. The molecule has 1 aliphatic heterocycles. The molecular weight excluding hydrogens is 330 g/mol. The lowest BCUT2D eigenvalue weighted by atomic mass is 9.85. The highest BCUT2D eigenvalue weighted by Gasteiger charge is 2.22. The summed E-state index contributed by atoms with van der Waals surface area (Å²) < 4.78 is 6.44. The van der Waals surface area contributed by atoms with Gasteiger partial charge in [-0.15, -0.1) is 0 Å². The van der Waals surface area contributed by atoms with Gasteiger partial charge in [0, 0.05) is 16.5 Å². The molecule has 0 amide bonds. The maximum Gasteiger partial charge on any atom is 0.227 e. The van der Waals surface area contributed by atoms with Gasteiger partial charge in [-0.3, -0.25) is 0 Å². The summed E-state index contributed by atoms with van der Waals surface area (Å²) in [5.41, 5.74) is 0.978. The predicted molar refractivity (Wildman–Crippen MR) is 85.9 cm³/mol. The molecule has 1 aromatic heterocycles. The fourth-order valence-electron chi connectivity index (χ4n) is 2.89. The molecule has 2 atom stereocenters. The van der Waals surface area contributed by atoms with Crippen LogP contribution in [0.3, 0.4) is 0 Å². The van der Waals surface area contributed by atoms with E-state index in [0.29, 0.717) is 17.7 Å². The minimum Gasteiger partial charge on any atom is -0.339 e. The summed E-state index contributed by atoms with van der Waals surface area (Å²) in [6.07, 6.45) is 3.41. The van der Waals surface area contributed by atoms with Crippen LogP contribution in [0, 0.1) is 11.8 Å². The molecule has 3 rings (SSSR count). The highest BCUT2D eigenvalue weighted by molar-refractivity contribution is 9.10. The highest BCUT2D eigenvalue weighted by Crippen LogP contribution is 2.25. The van der Waals surface area contributed by atoms with Gasteiger partial charge in [-0.25, -0.2) is 0 Å². The summed E-state index contributed by atoms with van der Waals surface area (Å²) in [5, 5.41) is 7.57. The van der Waals surface area contributed by atoms with E-state index in [1.165, 1.54) is 12.8 Å². The van der Waals surface area contributed by atoms with Gasteiger partial charge in [-0.05, 0) is 49.9 Å². The number of nitrogens with zero attached hydrogens (tertiary/aromatic N) is 2. The number of halogens is 1. The van der Waals surface area contributed by atoms with E-state index in [0.717, 1.165) is 35.4 Å². The van der Waals surface area contributed by atoms with Crippen LogP contribution in [-0.2, 0) is 6.42 Å². The SMILES string of the molecule is CC(Cc1nc(-c2cccc(Br)c2)no1)C1CCCNC1. The molecular formula is C16H20BrN3O. The second kappa shape index (κ2) is 6.71. The Hall–Kier alpha value is -1.20. The Morgan fingerprint density at radius 2 is 2.38 bits per heavy atom. The van der Waals surface area contributed by atoms with Gasteiger partial charge in [-0.1, -0.05) is 40.1 Å². The van der Waals surface area contributed by atoms with Crippen LogP contribution in [0.1, 0.15) is 25.7 Å². The van der Waals surface area contributed by atoms with Crippen molar-refractivity contribution in [3.63, 3.8) is 0 Å². The standard InChI is InChI=1S/C16H20BrN3O/c1-11(13-5-3-7-18-10-13)8-15-19-16(20-21-15)12-4-2-6-14(17)9-12/h2,4,6,9,11,13,18H,3,5,7-8,10H2,1H3. The molecule has 2 unspecified atom stereocenters. The second-order valence-electron chi connectivity index (χ2n) is 5.81. The number of hydrogen-bond donors (Lipinski definition) is 1. The molecule has 1 aromatic carbocycles. The lowest BCUT2D eigenvalue weighted by Crippen LogP contribution is -2.33. The van der Waals surface area contributed by atoms with E-state index in [2.05, 4.69) is 38.3 Å². The van der Waals surface area contributed by atoms with Crippen LogP contribution in [0.2, 0.25) is 0 Å². The molecule has 1 fully saturated rings. The lowest BCUT2D eigenvalue weighted by molar-refractivity contribution is 0.257. The number of piperidine rings is 1. The zero-order valence-electron chi connectivity index (χ0n) is 12.2. The maximum atomic E-state index is 5.42. The Bertz CT molecular complexity index is 593. The number of benzene rings is 1. The number of nitrogens with one attached hydrogen (secondary N) is 1. The molecule has 5 heteroatoms. The van der Waals surface area contributed by atoms with Crippen LogP contribution in [0.25, 0.3) is 11.4 Å². The largest absolute Gasteiger partial charge is 0.339 e. The lowest BCUT2D eigenvalue weighted by Gasteiger charge is -2.27. The van der Waals surface area contributed by atoms with Gasteiger partial charge in [0.15, 0.2) is 0 Å². The van der Waals surface area contributed by atoms with Crippen molar-refractivity contribution in [2.45, 2.75) is 26.2 Å². The predicted octanol–water partition coefficient (Wildman–Crippen LogP) is 3.68. The summed E-state index contributed by atoms with van der Waals surface area (Å²) >= 11 is 3.47. The van der Waals surface area contributed by atoms with Crippen LogP contribution in [0.15, 0.2) is 33.3 Å². The Kier molecular flexibility index (Phi) is 4.70. The summed E-state index contributed by atoms with van der Waals surface area (Å²) in [7, 11) is 0. The first-order valence-electron chi connectivity index (χ1n) is 7.51. The molecule has 4 nitrogen and oxygen atoms in total. The molecule has 0 saturated carbocycles. The topological polar surface area (TPSA) is 51.0 Å². The van der Waals surface area contributed by atoms with Crippen molar-refractivity contribution in [1.29, 1.82) is 0 Å². The van der Waals surface area contributed by atoms with Gasteiger partial charge in [0.1, 0.15) is 0 Å². The summed E-state index contributed by atoms with van der Waals surface area (Å²) in [4.78, 5) is 4.54. The fraction of sp³-hybridized carbons (Fsp3) is 0.500. The van der Waals surface area contributed by atoms with E-state index in [4.69, 9.17) is 4.52 Å². The van der Waals surface area contributed by atoms with Crippen molar-refractivity contribution < 1.29 is 4.52 Å². The van der Waals surface area contributed by atoms with Gasteiger partial charge in [0.05, 0.1) is 0 Å². The van der Waals surface area contributed by atoms with Crippen LogP contribution in [0.5, 0.6) is 0 Å². The van der Waals surface area contributed by atoms with Crippen molar-refractivity contribution in [2.75, 3.05) is 13.1 Å². The molecule has 0 aliphatic carbocycles. The monoisotopic (exact) mass is 349 g/mol. The quantitative estimate of drug-likeness (QED) is 0.914. The van der Waals surface area contributed by atoms with Crippen molar-refractivity contribution in [2.24, 2.45) is 11.8 Å². The first-order valence-corrected chi connectivity index (χ1v) is 8.31. The molecule has 21 heavy (non-hydrogen) atoms. The molecule has 1 N–H and O–H groups in total. The molecule has 1 saturated heterocycles.